The summed E-state index contributed by atoms with van der Waals surface area (Å²) in [5, 5.41) is 12.1. The minimum absolute atomic E-state index is 0.122. The van der Waals surface area contributed by atoms with Crippen LogP contribution in [0.2, 0.25) is 0 Å². The first-order valence-corrected chi connectivity index (χ1v) is 10.1. The highest BCUT2D eigenvalue weighted by molar-refractivity contribution is 5.79. The van der Waals surface area contributed by atoms with Crippen molar-refractivity contribution in [3.05, 3.63) is 52.7 Å². The van der Waals surface area contributed by atoms with Crippen LogP contribution in [0.3, 0.4) is 0 Å². The number of hydrogen-bond acceptors (Lipinski definition) is 4. The van der Waals surface area contributed by atoms with Crippen LogP contribution in [0.1, 0.15) is 48.1 Å². The highest BCUT2D eigenvalue weighted by Gasteiger charge is 2.23. The summed E-state index contributed by atoms with van der Waals surface area (Å²) in [5.41, 5.74) is 4.84. The van der Waals surface area contributed by atoms with Gasteiger partial charge in [-0.1, -0.05) is 24.3 Å². The number of nitrogens with one attached hydrogen (secondary N) is 1. The molecule has 0 bridgehead atoms. The average molecular weight is 364 g/mol. The second-order valence-corrected chi connectivity index (χ2v) is 7.81. The van der Waals surface area contributed by atoms with Gasteiger partial charge in [0, 0.05) is 19.1 Å². The second kappa shape index (κ2) is 8.07. The van der Waals surface area contributed by atoms with Crippen LogP contribution in [-0.2, 0) is 24.1 Å². The number of anilines is 1. The van der Waals surface area contributed by atoms with Gasteiger partial charge in [0.2, 0.25) is 5.91 Å². The molecule has 5 heteroatoms. The van der Waals surface area contributed by atoms with E-state index in [2.05, 4.69) is 39.5 Å². The lowest BCUT2D eigenvalue weighted by Crippen LogP contribution is -2.45. The van der Waals surface area contributed by atoms with Crippen molar-refractivity contribution in [2.45, 2.75) is 57.9 Å². The number of piperidine rings is 1. The molecule has 2 aromatic rings. The number of amides is 1. The molecular weight excluding hydrogens is 336 g/mol. The van der Waals surface area contributed by atoms with E-state index in [1.807, 2.05) is 18.2 Å². The van der Waals surface area contributed by atoms with Crippen LogP contribution < -0.4 is 10.2 Å². The smallest absolute Gasteiger partial charge is 0.224 e. The third kappa shape index (κ3) is 4.29. The summed E-state index contributed by atoms with van der Waals surface area (Å²) < 4.78 is 0. The Labute approximate surface area is 161 Å². The van der Waals surface area contributed by atoms with E-state index in [0.29, 0.717) is 6.42 Å². The number of benzene rings is 1. The summed E-state index contributed by atoms with van der Waals surface area (Å²) in [5.74, 6) is 1.12. The Kier molecular flexibility index (Phi) is 5.37. The first-order valence-electron chi connectivity index (χ1n) is 10.1. The zero-order valence-corrected chi connectivity index (χ0v) is 16.1. The van der Waals surface area contributed by atoms with Crippen LogP contribution in [0.4, 0.5) is 5.82 Å². The number of nitrogens with zero attached hydrogens (tertiary/aromatic N) is 3. The summed E-state index contributed by atoms with van der Waals surface area (Å²) in [6.07, 6.45) is 7.06. The maximum atomic E-state index is 12.4. The Morgan fingerprint density at radius 2 is 1.93 bits per heavy atom. The molecule has 1 aliphatic heterocycles. The van der Waals surface area contributed by atoms with Gasteiger partial charge in [-0.25, -0.2) is 0 Å². The topological polar surface area (TPSA) is 58.1 Å². The summed E-state index contributed by atoms with van der Waals surface area (Å²) in [6, 6.07) is 10.6. The molecule has 1 aromatic carbocycles. The Morgan fingerprint density at radius 1 is 1.15 bits per heavy atom. The fraction of sp³-hybridized carbons (Fsp3) is 0.500. The van der Waals surface area contributed by atoms with Crippen molar-refractivity contribution in [3.63, 3.8) is 0 Å². The zero-order chi connectivity index (χ0) is 18.6. The molecule has 0 atom stereocenters. The van der Waals surface area contributed by atoms with Gasteiger partial charge in [0.1, 0.15) is 0 Å². The highest BCUT2D eigenvalue weighted by Crippen LogP contribution is 2.24. The molecule has 0 radical (unpaired) electrons. The highest BCUT2D eigenvalue weighted by atomic mass is 16.1. The standard InChI is InChI=1S/C22H28N4O/c1-16-6-2-3-7-17(16)15-22(27)23-19-10-12-26(13-11-19)21-14-18-8-4-5-9-20(18)24-25-21/h2-3,6-7,14,19H,4-5,8-13,15H2,1H3,(H,23,27). The number of carbonyl (C=O) groups excluding carboxylic acids is 1. The Hall–Kier alpha value is -2.43. The van der Waals surface area contributed by atoms with Gasteiger partial charge in [0.15, 0.2) is 5.82 Å². The van der Waals surface area contributed by atoms with E-state index < -0.39 is 0 Å². The van der Waals surface area contributed by atoms with E-state index in [1.54, 1.807) is 0 Å². The molecule has 1 N–H and O–H groups in total. The zero-order valence-electron chi connectivity index (χ0n) is 16.1. The predicted molar refractivity (Wildman–Crippen MR) is 107 cm³/mol. The summed E-state index contributed by atoms with van der Waals surface area (Å²) in [6.45, 7) is 3.90. The Balaban J connectivity index is 1.30. The first-order chi connectivity index (χ1) is 13.2. The maximum Gasteiger partial charge on any atom is 0.224 e. The van der Waals surface area contributed by atoms with Crippen LogP contribution >= 0.6 is 0 Å². The minimum Gasteiger partial charge on any atom is -0.355 e. The Morgan fingerprint density at radius 3 is 2.74 bits per heavy atom. The van der Waals surface area contributed by atoms with Crippen molar-refractivity contribution in [2.75, 3.05) is 18.0 Å². The van der Waals surface area contributed by atoms with Gasteiger partial charge in [0.05, 0.1) is 12.1 Å². The van der Waals surface area contributed by atoms with Crippen LogP contribution in [0, 0.1) is 6.92 Å². The van der Waals surface area contributed by atoms with Gasteiger partial charge in [-0.15, -0.1) is 5.10 Å². The molecule has 0 unspecified atom stereocenters. The minimum atomic E-state index is 0.122. The Bertz CT molecular complexity index is 812. The molecule has 0 saturated carbocycles. The van der Waals surface area contributed by atoms with E-state index in [1.165, 1.54) is 29.7 Å². The SMILES string of the molecule is Cc1ccccc1CC(=O)NC1CCN(c2cc3c(nn2)CCCC3)CC1. The van der Waals surface area contributed by atoms with Gasteiger partial charge in [-0.2, -0.15) is 5.10 Å². The van der Waals surface area contributed by atoms with Gasteiger partial charge in [0.25, 0.3) is 0 Å². The quantitative estimate of drug-likeness (QED) is 0.906. The van der Waals surface area contributed by atoms with Crippen molar-refractivity contribution in [1.82, 2.24) is 15.5 Å². The second-order valence-electron chi connectivity index (χ2n) is 7.81. The normalized spacial score (nSPS) is 17.4. The van der Waals surface area contributed by atoms with Crippen molar-refractivity contribution < 1.29 is 4.79 Å². The molecule has 1 amide bonds. The van der Waals surface area contributed by atoms with Crippen LogP contribution in [0.5, 0.6) is 0 Å². The maximum absolute atomic E-state index is 12.4. The molecule has 2 aliphatic rings. The van der Waals surface area contributed by atoms with Crippen molar-refractivity contribution in [1.29, 1.82) is 0 Å². The number of rotatable bonds is 4. The van der Waals surface area contributed by atoms with Gasteiger partial charge in [-0.3, -0.25) is 4.79 Å². The fourth-order valence-electron chi connectivity index (χ4n) is 4.15. The molecule has 27 heavy (non-hydrogen) atoms. The van der Waals surface area contributed by atoms with Crippen LogP contribution in [0.25, 0.3) is 0 Å². The van der Waals surface area contributed by atoms with Crippen molar-refractivity contribution >= 4 is 11.7 Å². The summed E-state index contributed by atoms with van der Waals surface area (Å²) in [7, 11) is 0. The average Bonchev–Trinajstić information content (AvgIpc) is 2.70. The van der Waals surface area contributed by atoms with Crippen molar-refractivity contribution in [3.8, 4) is 0 Å². The number of aromatic nitrogens is 2. The lowest BCUT2D eigenvalue weighted by atomic mass is 9.96. The van der Waals surface area contributed by atoms with Crippen molar-refractivity contribution in [2.24, 2.45) is 0 Å². The number of carbonyl (C=O) groups is 1. The largest absolute Gasteiger partial charge is 0.355 e. The molecule has 1 saturated heterocycles. The molecule has 1 fully saturated rings. The van der Waals surface area contributed by atoms with Crippen LogP contribution in [0.15, 0.2) is 30.3 Å². The fourth-order valence-corrected chi connectivity index (χ4v) is 4.15. The number of aryl methyl sites for hydroxylation is 3. The molecule has 2 heterocycles. The lowest BCUT2D eigenvalue weighted by molar-refractivity contribution is -0.121. The van der Waals surface area contributed by atoms with E-state index in [-0.39, 0.29) is 11.9 Å². The molecule has 5 nitrogen and oxygen atoms in total. The number of hydrogen-bond donors (Lipinski definition) is 1. The van der Waals surface area contributed by atoms with Gasteiger partial charge in [-0.05, 0) is 68.2 Å². The monoisotopic (exact) mass is 364 g/mol. The molecular formula is C22H28N4O. The predicted octanol–water partition coefficient (Wildman–Crippen LogP) is 2.99. The molecule has 1 aliphatic carbocycles. The first kappa shape index (κ1) is 18.0. The number of fused-ring (bicyclic) bond motifs is 1. The molecule has 1 aromatic heterocycles. The van der Waals surface area contributed by atoms with Gasteiger partial charge < -0.3 is 10.2 Å². The summed E-state index contributed by atoms with van der Waals surface area (Å²) in [4.78, 5) is 14.7. The molecule has 0 spiro atoms. The van der Waals surface area contributed by atoms with E-state index in [9.17, 15) is 4.79 Å². The lowest BCUT2D eigenvalue weighted by Gasteiger charge is -2.33. The van der Waals surface area contributed by atoms with E-state index in [0.717, 1.165) is 50.2 Å². The molecule has 4 rings (SSSR count). The molecule has 142 valence electrons. The summed E-state index contributed by atoms with van der Waals surface area (Å²) >= 11 is 0. The third-order valence-electron chi connectivity index (χ3n) is 5.85. The van der Waals surface area contributed by atoms with Crippen LogP contribution in [-0.4, -0.2) is 35.2 Å². The third-order valence-corrected chi connectivity index (χ3v) is 5.85. The van der Waals surface area contributed by atoms with Gasteiger partial charge >= 0.3 is 0 Å². The van der Waals surface area contributed by atoms with E-state index >= 15 is 0 Å². The van der Waals surface area contributed by atoms with E-state index in [4.69, 9.17) is 0 Å².